The van der Waals surface area contributed by atoms with Gasteiger partial charge in [-0.25, -0.2) is 8.42 Å². The number of likely N-dealkylation sites (N-methyl/N-ethyl adjacent to an activating group) is 1. The number of hydrogen-bond donors (Lipinski definition) is 1. The van der Waals surface area contributed by atoms with Crippen molar-refractivity contribution in [2.45, 2.75) is 52.6 Å². The predicted molar refractivity (Wildman–Crippen MR) is 142 cm³/mol. The topological polar surface area (TPSA) is 86.8 Å². The molecule has 0 spiro atoms. The van der Waals surface area contributed by atoms with Gasteiger partial charge in [-0.1, -0.05) is 42.3 Å². The Bertz CT molecular complexity index is 1170. The van der Waals surface area contributed by atoms with Crippen molar-refractivity contribution in [1.29, 1.82) is 0 Å². The molecule has 0 bridgehead atoms. The molecule has 0 heterocycles. The molecule has 1 N–H and O–H groups in total. The smallest absolute Gasteiger partial charge is 0.242 e. The second-order valence-corrected chi connectivity index (χ2v) is 11.3. The average Bonchev–Trinajstić information content (AvgIpc) is 2.78. The lowest BCUT2D eigenvalue weighted by molar-refractivity contribution is -0.141. The van der Waals surface area contributed by atoms with Crippen LogP contribution in [0.15, 0.2) is 36.4 Å². The van der Waals surface area contributed by atoms with E-state index in [0.717, 1.165) is 17.4 Å². The Labute approximate surface area is 218 Å². The highest BCUT2D eigenvalue weighted by molar-refractivity contribution is 7.92. The molecule has 2 aromatic carbocycles. The van der Waals surface area contributed by atoms with Crippen LogP contribution in [0.2, 0.25) is 10.0 Å². The Balaban J connectivity index is 2.24. The van der Waals surface area contributed by atoms with Crippen molar-refractivity contribution in [3.8, 4) is 0 Å². The van der Waals surface area contributed by atoms with Crippen LogP contribution >= 0.6 is 23.2 Å². The van der Waals surface area contributed by atoms with Gasteiger partial charge in [0.1, 0.15) is 6.04 Å². The maximum absolute atomic E-state index is 13.3. The number of anilines is 1. The number of aryl methyl sites for hydroxylation is 2. The molecule has 0 aliphatic rings. The first-order chi connectivity index (χ1) is 16.4. The summed E-state index contributed by atoms with van der Waals surface area (Å²) in [6.45, 7) is 5.98. The molecular weight excluding hydrogens is 509 g/mol. The Kier molecular flexibility index (Phi) is 10.4. The Morgan fingerprint density at radius 3 is 2.29 bits per heavy atom. The number of rotatable bonds is 11. The van der Waals surface area contributed by atoms with E-state index in [1.54, 1.807) is 24.3 Å². The van der Waals surface area contributed by atoms with Gasteiger partial charge in [0.25, 0.3) is 0 Å². The molecule has 35 heavy (non-hydrogen) atoms. The molecule has 0 aromatic heterocycles. The first-order valence-electron chi connectivity index (χ1n) is 11.4. The number of nitrogens with zero attached hydrogens (tertiary/aromatic N) is 2. The summed E-state index contributed by atoms with van der Waals surface area (Å²) in [6, 6.07) is 9.78. The maximum atomic E-state index is 13.3. The van der Waals surface area contributed by atoms with E-state index >= 15 is 0 Å². The minimum atomic E-state index is -3.55. The van der Waals surface area contributed by atoms with E-state index in [1.165, 1.54) is 16.3 Å². The van der Waals surface area contributed by atoms with Crippen LogP contribution in [0.1, 0.15) is 42.9 Å². The number of halogens is 2. The zero-order valence-electron chi connectivity index (χ0n) is 20.8. The zero-order chi connectivity index (χ0) is 26.3. The molecule has 10 heteroatoms. The van der Waals surface area contributed by atoms with Crippen molar-refractivity contribution < 1.29 is 18.0 Å². The fraction of sp³-hybridized carbons (Fsp3) is 0.440. The van der Waals surface area contributed by atoms with E-state index in [2.05, 4.69) is 5.32 Å². The highest BCUT2D eigenvalue weighted by atomic mass is 35.5. The summed E-state index contributed by atoms with van der Waals surface area (Å²) < 4.78 is 26.3. The van der Waals surface area contributed by atoms with Gasteiger partial charge in [-0.05, 0) is 67.6 Å². The highest BCUT2D eigenvalue weighted by Gasteiger charge is 2.28. The molecule has 7 nitrogen and oxygen atoms in total. The minimum Gasteiger partial charge on any atom is -0.357 e. The molecule has 2 rings (SSSR count). The molecule has 1 unspecified atom stereocenters. The zero-order valence-corrected chi connectivity index (χ0v) is 23.1. The first-order valence-corrected chi connectivity index (χ1v) is 14.0. The van der Waals surface area contributed by atoms with Crippen LogP contribution in [0.3, 0.4) is 0 Å². The van der Waals surface area contributed by atoms with Gasteiger partial charge < -0.3 is 10.2 Å². The van der Waals surface area contributed by atoms with Crippen molar-refractivity contribution in [3.05, 3.63) is 63.1 Å². The standard InChI is InChI=1S/C25H33Cl2N3O4S/c1-6-23(25(32)28-4)29(16-19-10-11-20(26)15-22(19)27)24(31)8-7-13-30(35(5,33)34)21-12-9-17(2)18(3)14-21/h9-12,14-15,23H,6-8,13,16H2,1-5H3,(H,28,32). The number of nitrogens with one attached hydrogen (secondary N) is 1. The number of carbonyl (C=O) groups excluding carboxylic acids is 2. The lowest BCUT2D eigenvalue weighted by atomic mass is 10.1. The fourth-order valence-corrected chi connectivity index (χ4v) is 5.23. The second kappa shape index (κ2) is 12.6. The Morgan fingerprint density at radius 2 is 1.74 bits per heavy atom. The molecule has 0 aliphatic heterocycles. The summed E-state index contributed by atoms with van der Waals surface area (Å²) in [5.41, 5.74) is 3.27. The quantitative estimate of drug-likeness (QED) is 0.446. The largest absolute Gasteiger partial charge is 0.357 e. The normalized spacial score (nSPS) is 12.2. The van der Waals surface area contributed by atoms with Crippen LogP contribution in [-0.2, 0) is 26.2 Å². The van der Waals surface area contributed by atoms with Crippen molar-refractivity contribution in [2.24, 2.45) is 0 Å². The van der Waals surface area contributed by atoms with Gasteiger partial charge in [-0.2, -0.15) is 0 Å². The highest BCUT2D eigenvalue weighted by Crippen LogP contribution is 2.25. The third-order valence-electron chi connectivity index (χ3n) is 5.92. The SMILES string of the molecule is CCC(C(=O)NC)N(Cc1ccc(Cl)cc1Cl)C(=O)CCCN(c1ccc(C)c(C)c1)S(C)(=O)=O. The van der Waals surface area contributed by atoms with E-state index in [4.69, 9.17) is 23.2 Å². The molecule has 192 valence electrons. The summed E-state index contributed by atoms with van der Waals surface area (Å²) in [5.74, 6) is -0.543. The molecule has 2 amide bonds. The Morgan fingerprint density at radius 1 is 1.06 bits per heavy atom. The maximum Gasteiger partial charge on any atom is 0.242 e. The van der Waals surface area contributed by atoms with Gasteiger partial charge in [-0.3, -0.25) is 13.9 Å². The van der Waals surface area contributed by atoms with Crippen LogP contribution in [0, 0.1) is 13.8 Å². The van der Waals surface area contributed by atoms with Crippen LogP contribution in [0.25, 0.3) is 0 Å². The van der Waals surface area contributed by atoms with Crippen molar-refractivity contribution in [2.75, 3.05) is 24.2 Å². The number of hydrogen-bond acceptors (Lipinski definition) is 4. The number of amides is 2. The molecule has 0 fully saturated rings. The van der Waals surface area contributed by atoms with Crippen molar-refractivity contribution >= 4 is 50.7 Å². The molecule has 2 aromatic rings. The van der Waals surface area contributed by atoms with E-state index in [-0.39, 0.29) is 37.7 Å². The van der Waals surface area contributed by atoms with Gasteiger partial charge >= 0.3 is 0 Å². The van der Waals surface area contributed by atoms with Crippen LogP contribution in [0.5, 0.6) is 0 Å². The van der Waals surface area contributed by atoms with Gasteiger partial charge in [0, 0.05) is 36.6 Å². The summed E-state index contributed by atoms with van der Waals surface area (Å²) in [7, 11) is -2.02. The van der Waals surface area contributed by atoms with Gasteiger partial charge in [0.2, 0.25) is 21.8 Å². The van der Waals surface area contributed by atoms with Crippen LogP contribution < -0.4 is 9.62 Å². The third-order valence-corrected chi connectivity index (χ3v) is 7.70. The van der Waals surface area contributed by atoms with Gasteiger partial charge in [0.15, 0.2) is 0 Å². The summed E-state index contributed by atoms with van der Waals surface area (Å²) in [4.78, 5) is 27.3. The third kappa shape index (κ3) is 7.85. The van der Waals surface area contributed by atoms with Crippen LogP contribution in [0.4, 0.5) is 5.69 Å². The molecule has 0 aliphatic carbocycles. The van der Waals surface area contributed by atoms with E-state index in [1.807, 2.05) is 32.9 Å². The van der Waals surface area contributed by atoms with Crippen LogP contribution in [-0.4, -0.2) is 51.0 Å². The summed E-state index contributed by atoms with van der Waals surface area (Å²) >= 11 is 12.3. The van der Waals surface area contributed by atoms with Crippen molar-refractivity contribution in [3.63, 3.8) is 0 Å². The molecule has 0 radical (unpaired) electrons. The number of carbonyl (C=O) groups is 2. The Hall–Kier alpha value is -2.29. The van der Waals surface area contributed by atoms with Gasteiger partial charge in [-0.15, -0.1) is 0 Å². The predicted octanol–water partition coefficient (Wildman–Crippen LogP) is 4.71. The minimum absolute atomic E-state index is 0.0650. The van der Waals surface area contributed by atoms with Crippen molar-refractivity contribution in [1.82, 2.24) is 10.2 Å². The van der Waals surface area contributed by atoms with E-state index < -0.39 is 16.1 Å². The second-order valence-electron chi connectivity index (χ2n) is 8.50. The molecule has 1 atom stereocenters. The molecule has 0 saturated heterocycles. The van der Waals surface area contributed by atoms with Gasteiger partial charge in [0.05, 0.1) is 11.9 Å². The first kappa shape index (κ1) is 28.9. The summed E-state index contributed by atoms with van der Waals surface area (Å²) in [6.07, 6.45) is 1.91. The lowest BCUT2D eigenvalue weighted by Crippen LogP contribution is -2.48. The van der Waals surface area contributed by atoms with E-state index in [9.17, 15) is 18.0 Å². The number of sulfonamides is 1. The summed E-state index contributed by atoms with van der Waals surface area (Å²) in [5, 5.41) is 3.49. The molecule has 0 saturated carbocycles. The monoisotopic (exact) mass is 541 g/mol. The average molecular weight is 543 g/mol. The van der Waals surface area contributed by atoms with E-state index in [0.29, 0.717) is 27.7 Å². The fourth-order valence-electron chi connectivity index (χ4n) is 3.80. The molecular formula is C25H33Cl2N3O4S. The lowest BCUT2D eigenvalue weighted by Gasteiger charge is -2.31. The number of benzene rings is 2.